The zero-order chi connectivity index (χ0) is 13.7. The van der Waals surface area contributed by atoms with Crippen LogP contribution in [0.1, 0.15) is 0 Å². The van der Waals surface area contributed by atoms with Gasteiger partial charge in [-0.05, 0) is 24.3 Å². The molecule has 0 bridgehead atoms. The molecule has 1 aromatic heterocycles. The van der Waals surface area contributed by atoms with Crippen LogP contribution in [-0.4, -0.2) is 15.6 Å². The van der Waals surface area contributed by atoms with Crippen molar-refractivity contribution in [2.75, 3.05) is 0 Å². The van der Waals surface area contributed by atoms with E-state index in [-0.39, 0.29) is 6.54 Å². The third kappa shape index (κ3) is 3.35. The minimum Gasteiger partial charge on any atom is -0.503 e. The average Bonchev–Trinajstić information content (AvgIpc) is 2.43. The zero-order valence-electron chi connectivity index (χ0n) is 9.95. The molecule has 0 fully saturated rings. The van der Waals surface area contributed by atoms with Crippen molar-refractivity contribution in [3.05, 3.63) is 59.0 Å². The van der Waals surface area contributed by atoms with Gasteiger partial charge in [0.1, 0.15) is 6.54 Å². The Hall–Kier alpha value is -2.76. The molecular weight excluding hydrogens is 248 g/mol. The number of nitrogens with zero attached hydrogens (tertiary/aromatic N) is 1. The fraction of sp³-hybridized carbons (Fsp3) is 0.0769. The molecule has 1 heterocycles. The van der Waals surface area contributed by atoms with Gasteiger partial charge in [-0.2, -0.15) is 5.48 Å². The molecule has 19 heavy (non-hydrogen) atoms. The highest BCUT2D eigenvalue weighted by molar-refractivity contribution is 5.74. The lowest BCUT2D eigenvalue weighted by atomic mass is 10.3. The Kier molecular flexibility index (Phi) is 3.82. The number of hydroxylamine groups is 1. The van der Waals surface area contributed by atoms with Gasteiger partial charge in [-0.15, -0.1) is 0 Å². The second kappa shape index (κ2) is 5.72. The maximum Gasteiger partial charge on any atom is 0.293 e. The molecule has 0 atom stereocenters. The number of hydrogen-bond donors (Lipinski definition) is 2. The first kappa shape index (κ1) is 12.7. The van der Waals surface area contributed by atoms with Gasteiger partial charge >= 0.3 is 0 Å². The normalized spacial score (nSPS) is 9.89. The predicted molar refractivity (Wildman–Crippen MR) is 67.6 cm³/mol. The Bertz CT molecular complexity index is 622. The fourth-order valence-electron chi connectivity index (χ4n) is 1.44. The van der Waals surface area contributed by atoms with Gasteiger partial charge in [-0.25, -0.2) is 0 Å². The van der Waals surface area contributed by atoms with E-state index in [0.29, 0.717) is 5.75 Å². The van der Waals surface area contributed by atoms with Gasteiger partial charge in [0, 0.05) is 6.20 Å². The molecule has 6 nitrogen and oxygen atoms in total. The number of carbonyl (C=O) groups excluding carboxylic acids is 1. The summed E-state index contributed by atoms with van der Waals surface area (Å²) < 4.78 is 1.08. The van der Waals surface area contributed by atoms with Crippen molar-refractivity contribution < 1.29 is 14.7 Å². The molecule has 0 aliphatic rings. The molecule has 2 N–H and O–H groups in total. The first-order valence-electron chi connectivity index (χ1n) is 5.56. The van der Waals surface area contributed by atoms with Gasteiger partial charge in [-0.3, -0.25) is 9.59 Å². The summed E-state index contributed by atoms with van der Waals surface area (Å²) in [5.74, 6) is -0.421. The second-order valence-electron chi connectivity index (χ2n) is 3.77. The van der Waals surface area contributed by atoms with Crippen molar-refractivity contribution in [2.45, 2.75) is 6.54 Å². The van der Waals surface area contributed by atoms with Crippen molar-refractivity contribution in [3.63, 3.8) is 0 Å². The average molecular weight is 260 g/mol. The summed E-state index contributed by atoms with van der Waals surface area (Å²) in [5.41, 5.74) is 1.59. The molecule has 0 aliphatic heterocycles. The predicted octanol–water partition coefficient (Wildman–Crippen LogP) is 0.664. The molecule has 1 aromatic carbocycles. The number of para-hydroxylation sites is 1. The molecule has 0 spiro atoms. The zero-order valence-corrected chi connectivity index (χ0v) is 9.95. The summed E-state index contributed by atoms with van der Waals surface area (Å²) in [6.07, 6.45) is 1.41. The van der Waals surface area contributed by atoms with Crippen molar-refractivity contribution in [2.24, 2.45) is 0 Å². The van der Waals surface area contributed by atoms with Crippen LogP contribution >= 0.6 is 0 Å². The molecule has 2 aromatic rings. The summed E-state index contributed by atoms with van der Waals surface area (Å²) in [4.78, 5) is 28.1. The number of benzene rings is 1. The quantitative estimate of drug-likeness (QED) is 0.791. The van der Waals surface area contributed by atoms with Crippen LogP contribution in [0.5, 0.6) is 11.5 Å². The van der Waals surface area contributed by atoms with Crippen LogP contribution < -0.4 is 15.9 Å². The highest BCUT2D eigenvalue weighted by Crippen LogP contribution is 2.06. The maximum absolute atomic E-state index is 11.6. The maximum atomic E-state index is 11.6. The lowest BCUT2D eigenvalue weighted by Crippen LogP contribution is -2.33. The van der Waals surface area contributed by atoms with Gasteiger partial charge in [-0.1, -0.05) is 18.2 Å². The van der Waals surface area contributed by atoms with Crippen LogP contribution in [0.4, 0.5) is 0 Å². The van der Waals surface area contributed by atoms with Crippen LogP contribution in [0.3, 0.4) is 0 Å². The summed E-state index contributed by atoms with van der Waals surface area (Å²) >= 11 is 0. The smallest absolute Gasteiger partial charge is 0.293 e. The Morgan fingerprint density at radius 1 is 1.21 bits per heavy atom. The lowest BCUT2D eigenvalue weighted by molar-refractivity contribution is -0.128. The van der Waals surface area contributed by atoms with Gasteiger partial charge in [0.15, 0.2) is 11.5 Å². The summed E-state index contributed by atoms with van der Waals surface area (Å²) in [6, 6.07) is 11.4. The van der Waals surface area contributed by atoms with E-state index in [1.807, 2.05) is 6.07 Å². The number of pyridine rings is 1. The van der Waals surface area contributed by atoms with Gasteiger partial charge in [0.25, 0.3) is 11.5 Å². The SMILES string of the molecule is O=C(Cn1cccc(O)c1=O)NOc1ccccc1. The largest absolute Gasteiger partial charge is 0.503 e. The van der Waals surface area contributed by atoms with Crippen LogP contribution in [0.2, 0.25) is 0 Å². The van der Waals surface area contributed by atoms with Crippen LogP contribution in [0.15, 0.2) is 53.5 Å². The number of carbonyl (C=O) groups is 1. The van der Waals surface area contributed by atoms with Crippen molar-refractivity contribution in [1.82, 2.24) is 10.0 Å². The lowest BCUT2D eigenvalue weighted by Gasteiger charge is -2.08. The molecule has 0 radical (unpaired) electrons. The summed E-state index contributed by atoms with van der Waals surface area (Å²) in [5, 5.41) is 9.22. The second-order valence-corrected chi connectivity index (χ2v) is 3.77. The molecule has 1 amide bonds. The van der Waals surface area contributed by atoms with Gasteiger partial charge in [0.2, 0.25) is 0 Å². The fourth-order valence-corrected chi connectivity index (χ4v) is 1.44. The summed E-state index contributed by atoms with van der Waals surface area (Å²) in [7, 11) is 0. The van der Waals surface area contributed by atoms with Crippen molar-refractivity contribution >= 4 is 5.91 Å². The third-order valence-electron chi connectivity index (χ3n) is 2.34. The Morgan fingerprint density at radius 3 is 2.68 bits per heavy atom. The molecular formula is C13H12N2O4. The minimum absolute atomic E-state index is 0.236. The minimum atomic E-state index is -0.627. The van der Waals surface area contributed by atoms with E-state index in [1.54, 1.807) is 24.3 Å². The van der Waals surface area contributed by atoms with E-state index >= 15 is 0 Å². The Labute approximate surface area is 108 Å². The van der Waals surface area contributed by atoms with Gasteiger partial charge in [0.05, 0.1) is 0 Å². The van der Waals surface area contributed by atoms with Gasteiger partial charge < -0.3 is 14.5 Å². The Balaban J connectivity index is 1.95. The first-order chi connectivity index (χ1) is 9.16. The van der Waals surface area contributed by atoms with Crippen LogP contribution in [0, 0.1) is 0 Å². The molecule has 0 unspecified atom stereocenters. The van der Waals surface area contributed by atoms with E-state index < -0.39 is 17.2 Å². The molecule has 6 heteroatoms. The highest BCUT2D eigenvalue weighted by Gasteiger charge is 2.07. The molecule has 0 saturated carbocycles. The number of nitrogens with one attached hydrogen (secondary N) is 1. The van der Waals surface area contributed by atoms with E-state index in [9.17, 15) is 14.7 Å². The van der Waals surface area contributed by atoms with E-state index in [2.05, 4.69) is 5.48 Å². The topological polar surface area (TPSA) is 80.6 Å². The van der Waals surface area contributed by atoms with E-state index in [1.165, 1.54) is 18.3 Å². The molecule has 98 valence electrons. The number of amides is 1. The highest BCUT2D eigenvalue weighted by atomic mass is 16.7. The molecule has 2 rings (SSSR count). The molecule has 0 aliphatic carbocycles. The molecule has 0 saturated heterocycles. The number of aromatic hydroxyl groups is 1. The van der Waals surface area contributed by atoms with Crippen molar-refractivity contribution in [3.8, 4) is 11.5 Å². The Morgan fingerprint density at radius 2 is 1.95 bits per heavy atom. The first-order valence-corrected chi connectivity index (χ1v) is 5.56. The monoisotopic (exact) mass is 260 g/mol. The van der Waals surface area contributed by atoms with Crippen LogP contribution in [0.25, 0.3) is 0 Å². The van der Waals surface area contributed by atoms with E-state index in [4.69, 9.17) is 4.84 Å². The summed E-state index contributed by atoms with van der Waals surface area (Å²) in [6.45, 7) is -0.236. The number of rotatable bonds is 4. The van der Waals surface area contributed by atoms with Crippen LogP contribution in [-0.2, 0) is 11.3 Å². The van der Waals surface area contributed by atoms with Crippen molar-refractivity contribution in [1.29, 1.82) is 0 Å². The van der Waals surface area contributed by atoms with E-state index in [0.717, 1.165) is 4.57 Å². The number of hydrogen-bond acceptors (Lipinski definition) is 4. The third-order valence-corrected chi connectivity index (χ3v) is 2.34. The standard InChI is InChI=1S/C13H12N2O4/c16-11-7-4-8-15(13(11)18)9-12(17)14-19-10-5-2-1-3-6-10/h1-8,16H,9H2,(H,14,17). The number of aromatic nitrogens is 1.